The lowest BCUT2D eigenvalue weighted by molar-refractivity contribution is -0.111. The van der Waals surface area contributed by atoms with Gasteiger partial charge in [0.05, 0.1) is 5.56 Å². The summed E-state index contributed by atoms with van der Waals surface area (Å²) in [5, 5.41) is 5.57. The lowest BCUT2D eigenvalue weighted by Crippen LogP contribution is -2.14. The van der Waals surface area contributed by atoms with E-state index in [-0.39, 0.29) is 11.8 Å². The van der Waals surface area contributed by atoms with E-state index in [0.717, 1.165) is 9.13 Å². The van der Waals surface area contributed by atoms with Crippen LogP contribution in [0.4, 0.5) is 11.4 Å². The smallest absolute Gasteiger partial charge is 0.256 e. The van der Waals surface area contributed by atoms with Gasteiger partial charge < -0.3 is 10.6 Å². The zero-order valence-electron chi connectivity index (χ0n) is 12.0. The van der Waals surface area contributed by atoms with Gasteiger partial charge in [0, 0.05) is 14.9 Å². The highest BCUT2D eigenvalue weighted by Gasteiger charge is 2.11. The van der Waals surface area contributed by atoms with Gasteiger partial charge in [0.2, 0.25) is 5.91 Å². The number of benzene rings is 2. The zero-order valence-corrected chi connectivity index (χ0v) is 14.2. The van der Waals surface area contributed by atoms with Crippen LogP contribution in [0.1, 0.15) is 15.9 Å². The molecule has 0 aliphatic heterocycles. The van der Waals surface area contributed by atoms with Crippen LogP contribution in [0.15, 0.2) is 55.1 Å². The van der Waals surface area contributed by atoms with Crippen molar-refractivity contribution in [2.75, 3.05) is 10.6 Å². The zero-order chi connectivity index (χ0) is 16.1. The predicted octanol–water partition coefficient (Wildman–Crippen LogP) is 3.98. The van der Waals surface area contributed by atoms with Gasteiger partial charge in [-0.3, -0.25) is 9.59 Å². The molecule has 0 aliphatic carbocycles. The molecule has 2 rings (SSSR count). The highest BCUT2D eigenvalue weighted by molar-refractivity contribution is 14.1. The first-order chi connectivity index (χ1) is 10.5. The van der Waals surface area contributed by atoms with Crippen molar-refractivity contribution in [3.8, 4) is 0 Å². The number of hydrogen-bond donors (Lipinski definition) is 2. The van der Waals surface area contributed by atoms with Crippen LogP contribution in [0.3, 0.4) is 0 Å². The molecule has 0 aromatic heterocycles. The fourth-order valence-electron chi connectivity index (χ4n) is 1.91. The van der Waals surface area contributed by atoms with E-state index in [0.29, 0.717) is 16.9 Å². The molecule has 0 bridgehead atoms. The molecule has 112 valence electrons. The Labute approximate surface area is 142 Å². The van der Waals surface area contributed by atoms with Crippen molar-refractivity contribution in [2.45, 2.75) is 6.92 Å². The number of aryl methyl sites for hydroxylation is 1. The molecule has 4 nitrogen and oxygen atoms in total. The van der Waals surface area contributed by atoms with Gasteiger partial charge in [0.25, 0.3) is 5.91 Å². The number of halogens is 1. The van der Waals surface area contributed by atoms with Gasteiger partial charge in [-0.15, -0.1) is 0 Å². The quantitative estimate of drug-likeness (QED) is 0.596. The van der Waals surface area contributed by atoms with Crippen LogP contribution in [-0.2, 0) is 4.79 Å². The average molecular weight is 406 g/mol. The van der Waals surface area contributed by atoms with Gasteiger partial charge in [0.1, 0.15) is 0 Å². The summed E-state index contributed by atoms with van der Waals surface area (Å²) in [4.78, 5) is 23.6. The second kappa shape index (κ2) is 7.22. The maximum Gasteiger partial charge on any atom is 0.256 e. The molecule has 0 saturated carbocycles. The minimum absolute atomic E-state index is 0.157. The lowest BCUT2D eigenvalue weighted by Gasteiger charge is -2.11. The van der Waals surface area contributed by atoms with Crippen LogP contribution in [-0.4, -0.2) is 11.8 Å². The number of amides is 2. The lowest BCUT2D eigenvalue weighted by atomic mass is 10.1. The number of rotatable bonds is 4. The van der Waals surface area contributed by atoms with E-state index in [9.17, 15) is 9.59 Å². The Morgan fingerprint density at radius 2 is 1.86 bits per heavy atom. The number of carbonyl (C=O) groups is 2. The van der Waals surface area contributed by atoms with Gasteiger partial charge in [-0.05, 0) is 71.5 Å². The van der Waals surface area contributed by atoms with Crippen LogP contribution in [0.5, 0.6) is 0 Å². The second-order valence-electron chi connectivity index (χ2n) is 4.66. The van der Waals surface area contributed by atoms with Crippen molar-refractivity contribution in [3.63, 3.8) is 0 Å². The van der Waals surface area contributed by atoms with Gasteiger partial charge >= 0.3 is 0 Å². The first kappa shape index (κ1) is 16.2. The Balaban J connectivity index is 2.17. The van der Waals surface area contributed by atoms with E-state index in [1.54, 1.807) is 24.3 Å². The Bertz CT molecular complexity index is 741. The van der Waals surface area contributed by atoms with E-state index < -0.39 is 0 Å². The largest absolute Gasteiger partial charge is 0.323 e. The second-order valence-corrected chi connectivity index (χ2v) is 5.82. The molecule has 0 spiro atoms. The predicted molar refractivity (Wildman–Crippen MR) is 97.1 cm³/mol. The molecule has 0 aliphatic rings. The van der Waals surface area contributed by atoms with E-state index in [2.05, 4.69) is 39.8 Å². The van der Waals surface area contributed by atoms with Crippen LogP contribution >= 0.6 is 22.6 Å². The maximum absolute atomic E-state index is 12.3. The SMILES string of the molecule is C=CC(=O)Nc1ccc(NC(=O)c2ccccc2I)c(C)c1. The standard InChI is InChI=1S/C17H15IN2O2/c1-3-16(21)19-12-8-9-15(11(2)10-12)20-17(22)13-6-4-5-7-14(13)18/h3-10H,1H2,2H3,(H,19,21)(H,20,22). The fourth-order valence-corrected chi connectivity index (χ4v) is 2.54. The summed E-state index contributed by atoms with van der Waals surface area (Å²) in [6.45, 7) is 5.28. The van der Waals surface area contributed by atoms with Crippen LogP contribution in [0, 0.1) is 10.5 Å². The summed E-state index contributed by atoms with van der Waals surface area (Å²) in [6, 6.07) is 12.7. The highest BCUT2D eigenvalue weighted by Crippen LogP contribution is 2.21. The molecular weight excluding hydrogens is 391 g/mol. The minimum atomic E-state index is -0.268. The van der Waals surface area contributed by atoms with Crippen molar-refractivity contribution >= 4 is 45.8 Å². The molecule has 2 aromatic carbocycles. The molecular formula is C17H15IN2O2. The molecule has 0 saturated heterocycles. The molecule has 0 fully saturated rings. The van der Waals surface area contributed by atoms with Gasteiger partial charge in [-0.1, -0.05) is 18.7 Å². The van der Waals surface area contributed by atoms with Gasteiger partial charge in [-0.25, -0.2) is 0 Å². The molecule has 22 heavy (non-hydrogen) atoms. The van der Waals surface area contributed by atoms with Crippen molar-refractivity contribution in [1.82, 2.24) is 0 Å². The van der Waals surface area contributed by atoms with Crippen LogP contribution in [0.25, 0.3) is 0 Å². The summed E-state index contributed by atoms with van der Waals surface area (Å²) >= 11 is 2.13. The average Bonchev–Trinajstić information content (AvgIpc) is 2.50. The number of carbonyl (C=O) groups excluding carboxylic acids is 2. The van der Waals surface area contributed by atoms with Crippen molar-refractivity contribution in [3.05, 3.63) is 69.8 Å². The maximum atomic E-state index is 12.3. The Morgan fingerprint density at radius 1 is 1.14 bits per heavy atom. The third-order valence-corrected chi connectivity index (χ3v) is 3.99. The van der Waals surface area contributed by atoms with E-state index >= 15 is 0 Å². The summed E-state index contributed by atoms with van der Waals surface area (Å²) in [5.74, 6) is -0.425. The molecule has 5 heteroatoms. The van der Waals surface area contributed by atoms with Crippen molar-refractivity contribution in [2.24, 2.45) is 0 Å². The summed E-state index contributed by atoms with van der Waals surface area (Å²) in [5.41, 5.74) is 2.86. The number of nitrogens with one attached hydrogen (secondary N) is 2. The highest BCUT2D eigenvalue weighted by atomic mass is 127. The topological polar surface area (TPSA) is 58.2 Å². The monoisotopic (exact) mass is 406 g/mol. The molecule has 2 amide bonds. The molecule has 0 atom stereocenters. The fraction of sp³-hybridized carbons (Fsp3) is 0.0588. The molecule has 0 unspecified atom stereocenters. The van der Waals surface area contributed by atoms with E-state index in [1.807, 2.05) is 25.1 Å². The molecule has 2 aromatic rings. The third-order valence-electron chi connectivity index (χ3n) is 3.05. The first-order valence-corrected chi connectivity index (χ1v) is 7.69. The molecule has 0 heterocycles. The van der Waals surface area contributed by atoms with Crippen LogP contribution in [0.2, 0.25) is 0 Å². The summed E-state index contributed by atoms with van der Waals surface area (Å²) in [7, 11) is 0. The normalized spacial score (nSPS) is 9.91. The third kappa shape index (κ3) is 3.94. The van der Waals surface area contributed by atoms with Gasteiger partial charge in [-0.2, -0.15) is 0 Å². The Kier molecular flexibility index (Phi) is 5.32. The van der Waals surface area contributed by atoms with Crippen molar-refractivity contribution in [1.29, 1.82) is 0 Å². The Hall–Kier alpha value is -2.15. The number of anilines is 2. The van der Waals surface area contributed by atoms with Crippen molar-refractivity contribution < 1.29 is 9.59 Å². The molecule has 0 radical (unpaired) electrons. The van der Waals surface area contributed by atoms with E-state index in [4.69, 9.17) is 0 Å². The summed E-state index contributed by atoms with van der Waals surface area (Å²) in [6.07, 6.45) is 1.21. The Morgan fingerprint density at radius 3 is 2.50 bits per heavy atom. The van der Waals surface area contributed by atoms with E-state index in [1.165, 1.54) is 6.08 Å². The van der Waals surface area contributed by atoms with Crippen LogP contribution < -0.4 is 10.6 Å². The number of hydrogen-bond acceptors (Lipinski definition) is 2. The van der Waals surface area contributed by atoms with Gasteiger partial charge in [0.15, 0.2) is 0 Å². The molecule has 2 N–H and O–H groups in total. The minimum Gasteiger partial charge on any atom is -0.323 e. The summed E-state index contributed by atoms with van der Waals surface area (Å²) < 4.78 is 0.894. The first-order valence-electron chi connectivity index (χ1n) is 6.61.